The van der Waals surface area contributed by atoms with Crippen LogP contribution in [0.3, 0.4) is 0 Å². The van der Waals surface area contributed by atoms with Crippen molar-refractivity contribution in [3.63, 3.8) is 0 Å². The van der Waals surface area contributed by atoms with Crippen LogP contribution in [-0.2, 0) is 28.6 Å². The van der Waals surface area contributed by atoms with E-state index in [2.05, 4.69) is 167 Å². The van der Waals surface area contributed by atoms with Crippen molar-refractivity contribution in [2.24, 2.45) is 0 Å². The topological polar surface area (TPSA) is 78.9 Å². The molecule has 78 heavy (non-hydrogen) atoms. The maximum atomic E-state index is 12.9. The number of ether oxygens (including phenoxy) is 3. The van der Waals surface area contributed by atoms with E-state index in [-0.39, 0.29) is 31.1 Å². The summed E-state index contributed by atoms with van der Waals surface area (Å²) in [4.78, 5) is 38.3. The molecule has 0 bridgehead atoms. The molecule has 0 heterocycles. The molecule has 440 valence electrons. The molecule has 0 radical (unpaired) electrons. The Balaban J connectivity index is 4.43. The van der Waals surface area contributed by atoms with Gasteiger partial charge >= 0.3 is 17.9 Å². The van der Waals surface area contributed by atoms with Gasteiger partial charge in [-0.15, -0.1) is 0 Å². The van der Waals surface area contributed by atoms with Crippen LogP contribution in [0.5, 0.6) is 0 Å². The van der Waals surface area contributed by atoms with Crippen LogP contribution in [0.15, 0.2) is 146 Å². The van der Waals surface area contributed by atoms with Crippen molar-refractivity contribution in [1.29, 1.82) is 0 Å². The van der Waals surface area contributed by atoms with Crippen LogP contribution in [0.25, 0.3) is 0 Å². The van der Waals surface area contributed by atoms with Gasteiger partial charge in [-0.2, -0.15) is 0 Å². The zero-order chi connectivity index (χ0) is 56.4. The molecule has 6 heteroatoms. The highest BCUT2D eigenvalue weighted by Crippen LogP contribution is 2.15. The fourth-order valence-electron chi connectivity index (χ4n) is 8.34. The van der Waals surface area contributed by atoms with Crippen LogP contribution in [0.2, 0.25) is 0 Å². The maximum absolute atomic E-state index is 12.9. The molecule has 0 saturated carbocycles. The van der Waals surface area contributed by atoms with Gasteiger partial charge in [0.05, 0.1) is 0 Å². The molecule has 0 aliphatic heterocycles. The van der Waals surface area contributed by atoms with Gasteiger partial charge in [0, 0.05) is 19.3 Å². The summed E-state index contributed by atoms with van der Waals surface area (Å²) in [7, 11) is 0. The second-order valence-electron chi connectivity index (χ2n) is 20.5. The van der Waals surface area contributed by atoms with Gasteiger partial charge < -0.3 is 14.2 Å². The standard InChI is InChI=1S/C72H116O6/c1-4-7-10-13-16-19-22-25-28-30-32-34-35-36-37-39-40-42-44-47-50-53-56-59-62-65-71(74)77-68-69(67-76-70(73)64-61-58-55-52-49-46-27-24-21-18-15-12-9-6-3)78-72(75)66-63-60-57-54-51-48-45-43-41-38-33-31-29-26-23-20-17-14-11-8-5-2/h7-8,10-11,15-20,24-29,32-34,36-38,43,45,69H,4-6,9,12-14,21-23,30-31,35,39-42,44,46-68H2,1-3H3/b10-7-,11-8-,18-15-,19-16-,20-17-,27-24-,28-25-,29-26-,34-32-,37-36-,38-33-,45-43-. The predicted molar refractivity (Wildman–Crippen MR) is 339 cm³/mol. The SMILES string of the molecule is CC/C=C\C/C=C\C/C=C\C/C=C\C/C=C\CCCCCCCCCCCC(=O)OCC(COC(=O)CCCCCCC/C=C\C/C=C\CCCC)OC(=O)CCCCCCC/C=C\C/C=C\C/C=C\C/C=C\C/C=C\CC. The summed E-state index contributed by atoms with van der Waals surface area (Å²) < 4.78 is 16.9. The lowest BCUT2D eigenvalue weighted by Gasteiger charge is -2.18. The third kappa shape index (κ3) is 62.1. The maximum Gasteiger partial charge on any atom is 0.306 e. The van der Waals surface area contributed by atoms with Crippen molar-refractivity contribution in [3.05, 3.63) is 146 Å². The molecule has 1 atom stereocenters. The van der Waals surface area contributed by atoms with Gasteiger partial charge in [-0.25, -0.2) is 0 Å². The van der Waals surface area contributed by atoms with Crippen LogP contribution >= 0.6 is 0 Å². The molecule has 0 N–H and O–H groups in total. The molecule has 1 unspecified atom stereocenters. The monoisotopic (exact) mass is 1080 g/mol. The van der Waals surface area contributed by atoms with E-state index in [1.165, 1.54) is 57.8 Å². The van der Waals surface area contributed by atoms with Gasteiger partial charge in [0.1, 0.15) is 13.2 Å². The Morgan fingerprint density at radius 2 is 0.500 bits per heavy atom. The largest absolute Gasteiger partial charge is 0.462 e. The average molecular weight is 1080 g/mol. The number of hydrogen-bond acceptors (Lipinski definition) is 6. The summed E-state index contributed by atoms with van der Waals surface area (Å²) in [5.41, 5.74) is 0. The number of allylic oxidation sites excluding steroid dienone is 24. The minimum Gasteiger partial charge on any atom is -0.462 e. The van der Waals surface area contributed by atoms with Gasteiger partial charge in [0.15, 0.2) is 6.10 Å². The summed E-state index contributed by atoms with van der Waals surface area (Å²) in [6, 6.07) is 0. The lowest BCUT2D eigenvalue weighted by atomic mass is 10.1. The highest BCUT2D eigenvalue weighted by atomic mass is 16.6. The zero-order valence-electron chi connectivity index (χ0n) is 50.4. The molecule has 0 fully saturated rings. The zero-order valence-corrected chi connectivity index (χ0v) is 50.4. The van der Waals surface area contributed by atoms with E-state index in [4.69, 9.17) is 14.2 Å². The number of rotatable bonds is 56. The van der Waals surface area contributed by atoms with E-state index >= 15 is 0 Å². The van der Waals surface area contributed by atoms with Crippen LogP contribution in [-0.4, -0.2) is 37.2 Å². The molecule has 0 aromatic heterocycles. The minimum atomic E-state index is -0.805. The van der Waals surface area contributed by atoms with Gasteiger partial charge in [-0.3, -0.25) is 14.4 Å². The van der Waals surface area contributed by atoms with E-state index < -0.39 is 6.10 Å². The quantitative estimate of drug-likeness (QED) is 0.0261. The summed E-state index contributed by atoms with van der Waals surface area (Å²) in [5, 5.41) is 0. The highest BCUT2D eigenvalue weighted by Gasteiger charge is 2.19. The molecule has 0 saturated heterocycles. The molecule has 0 aromatic rings. The first-order valence-electron chi connectivity index (χ1n) is 31.8. The Bertz CT molecular complexity index is 1710. The molecule has 0 spiro atoms. The van der Waals surface area contributed by atoms with Crippen molar-refractivity contribution in [1.82, 2.24) is 0 Å². The second kappa shape index (κ2) is 64.8. The molecule has 0 rings (SSSR count). The normalized spacial score (nSPS) is 13.1. The lowest BCUT2D eigenvalue weighted by Crippen LogP contribution is -2.30. The van der Waals surface area contributed by atoms with Crippen molar-refractivity contribution in [3.8, 4) is 0 Å². The molecule has 6 nitrogen and oxygen atoms in total. The molecule has 0 aliphatic carbocycles. The number of carbonyl (C=O) groups excluding carboxylic acids is 3. The van der Waals surface area contributed by atoms with E-state index in [1.54, 1.807) is 0 Å². The predicted octanol–water partition coefficient (Wildman–Crippen LogP) is 21.9. The van der Waals surface area contributed by atoms with Crippen LogP contribution in [0.1, 0.15) is 271 Å². The summed E-state index contributed by atoms with van der Waals surface area (Å²) in [6.45, 7) is 6.34. The summed E-state index contributed by atoms with van der Waals surface area (Å²) in [5.74, 6) is -0.938. The van der Waals surface area contributed by atoms with E-state index in [9.17, 15) is 14.4 Å². The number of unbranched alkanes of at least 4 members (excludes halogenated alkanes) is 21. The van der Waals surface area contributed by atoms with Gasteiger partial charge in [0.25, 0.3) is 0 Å². The second-order valence-corrected chi connectivity index (χ2v) is 20.5. The van der Waals surface area contributed by atoms with Crippen molar-refractivity contribution in [2.75, 3.05) is 13.2 Å². The molecular formula is C72H116O6. The summed E-state index contributed by atoms with van der Waals surface area (Å²) >= 11 is 0. The Kier molecular flexibility index (Phi) is 60.9. The number of carbonyl (C=O) groups is 3. The van der Waals surface area contributed by atoms with E-state index in [1.807, 2.05) is 0 Å². The van der Waals surface area contributed by atoms with Crippen molar-refractivity contribution in [2.45, 2.75) is 277 Å². The summed E-state index contributed by atoms with van der Waals surface area (Å²) in [6.07, 6.45) is 92.7. The van der Waals surface area contributed by atoms with Crippen LogP contribution in [0, 0.1) is 0 Å². The minimum absolute atomic E-state index is 0.0989. The highest BCUT2D eigenvalue weighted by molar-refractivity contribution is 5.71. The molecule has 0 aliphatic rings. The van der Waals surface area contributed by atoms with Crippen LogP contribution in [0.4, 0.5) is 0 Å². The van der Waals surface area contributed by atoms with E-state index in [0.717, 1.165) is 173 Å². The lowest BCUT2D eigenvalue weighted by molar-refractivity contribution is -0.167. The van der Waals surface area contributed by atoms with E-state index in [0.29, 0.717) is 19.3 Å². The Labute approximate surface area is 480 Å². The van der Waals surface area contributed by atoms with Gasteiger partial charge in [-0.1, -0.05) is 263 Å². The van der Waals surface area contributed by atoms with Gasteiger partial charge in [-0.05, 0) is 135 Å². The molecule has 0 amide bonds. The Hall–Kier alpha value is -4.71. The number of esters is 3. The first-order chi connectivity index (χ1) is 38.5. The average Bonchev–Trinajstić information content (AvgIpc) is 3.44. The third-order valence-electron chi connectivity index (χ3n) is 13.1. The fraction of sp³-hybridized carbons (Fsp3) is 0.625. The van der Waals surface area contributed by atoms with Gasteiger partial charge in [0.2, 0.25) is 0 Å². The molecule has 0 aromatic carbocycles. The third-order valence-corrected chi connectivity index (χ3v) is 13.1. The van der Waals surface area contributed by atoms with Crippen molar-refractivity contribution >= 4 is 17.9 Å². The Morgan fingerprint density at radius 3 is 0.782 bits per heavy atom. The fourth-order valence-corrected chi connectivity index (χ4v) is 8.34. The van der Waals surface area contributed by atoms with Crippen LogP contribution < -0.4 is 0 Å². The van der Waals surface area contributed by atoms with Crippen molar-refractivity contribution < 1.29 is 28.6 Å². The number of hydrogen-bond donors (Lipinski definition) is 0. The smallest absolute Gasteiger partial charge is 0.306 e. The first kappa shape index (κ1) is 73.3. The molecular weight excluding hydrogens is 961 g/mol. The first-order valence-corrected chi connectivity index (χ1v) is 31.8. The Morgan fingerprint density at radius 1 is 0.269 bits per heavy atom.